The third kappa shape index (κ3) is 2.43. The monoisotopic (exact) mass is 275 g/mol. The van der Waals surface area contributed by atoms with Crippen molar-refractivity contribution in [3.05, 3.63) is 80.4 Å². The van der Waals surface area contributed by atoms with E-state index in [2.05, 4.69) is 5.32 Å². The predicted molar refractivity (Wildman–Crippen MR) is 72.1 cm³/mol. The average Bonchev–Trinajstić information content (AvgIpc) is 2.46. The van der Waals surface area contributed by atoms with Crippen molar-refractivity contribution in [3.8, 4) is 0 Å². The first-order valence-corrected chi connectivity index (χ1v) is 5.99. The average molecular weight is 275 g/mol. The van der Waals surface area contributed by atoms with E-state index in [0.29, 0.717) is 6.54 Å². The van der Waals surface area contributed by atoms with E-state index in [9.17, 15) is 20.2 Å². The van der Waals surface area contributed by atoms with Gasteiger partial charge in [-0.2, -0.15) is 0 Å². The molecule has 1 aliphatic carbocycles. The van der Waals surface area contributed by atoms with Crippen LogP contribution in [0.3, 0.4) is 0 Å². The molecule has 0 aliphatic heterocycles. The summed E-state index contributed by atoms with van der Waals surface area (Å²) < 4.78 is 0. The van der Waals surface area contributed by atoms with Crippen LogP contribution in [0.15, 0.2) is 54.6 Å². The minimum Gasteiger partial charge on any atom is -0.294 e. The van der Waals surface area contributed by atoms with Crippen LogP contribution in [0.4, 0.5) is 0 Å². The Bertz CT molecular complexity index is 554. The Kier molecular flexibility index (Phi) is 3.90. The van der Waals surface area contributed by atoms with Crippen LogP contribution in [0.5, 0.6) is 0 Å². The molecule has 0 saturated heterocycles. The van der Waals surface area contributed by atoms with Gasteiger partial charge >= 0.3 is 5.66 Å². The highest BCUT2D eigenvalue weighted by molar-refractivity contribution is 5.22. The molecule has 7 nitrogen and oxygen atoms in total. The van der Waals surface area contributed by atoms with E-state index < -0.39 is 21.6 Å². The minimum atomic E-state index is -2.36. The third-order valence-electron chi connectivity index (χ3n) is 3.17. The maximum Gasteiger partial charge on any atom is 0.496 e. The van der Waals surface area contributed by atoms with Crippen LogP contribution >= 0.6 is 0 Å². The zero-order chi connectivity index (χ0) is 14.6. The molecule has 1 aromatic carbocycles. The number of nitro groups is 2. The number of hydrogen-bond donors (Lipinski definition) is 1. The quantitative estimate of drug-likeness (QED) is 0.499. The summed E-state index contributed by atoms with van der Waals surface area (Å²) in [5.41, 5.74) is -1.46. The molecule has 0 amide bonds. The molecular formula is C13H13N3O4. The summed E-state index contributed by atoms with van der Waals surface area (Å²) >= 11 is 0. The Balaban J connectivity index is 2.20. The predicted octanol–water partition coefficient (Wildman–Crippen LogP) is 1.52. The number of benzene rings is 1. The molecule has 1 aromatic rings. The highest BCUT2D eigenvalue weighted by Gasteiger charge is 2.60. The molecule has 1 atom stereocenters. The lowest BCUT2D eigenvalue weighted by Gasteiger charge is -2.23. The van der Waals surface area contributed by atoms with Crippen molar-refractivity contribution in [2.75, 3.05) is 0 Å². The van der Waals surface area contributed by atoms with Gasteiger partial charge in [0, 0.05) is 6.54 Å². The third-order valence-corrected chi connectivity index (χ3v) is 3.17. The van der Waals surface area contributed by atoms with Crippen LogP contribution < -0.4 is 5.32 Å². The Hall–Kier alpha value is -2.54. The molecule has 0 saturated carbocycles. The van der Waals surface area contributed by atoms with Crippen LogP contribution in [-0.4, -0.2) is 21.6 Å². The van der Waals surface area contributed by atoms with Gasteiger partial charge in [-0.05, 0) is 5.56 Å². The molecule has 1 N–H and O–H groups in total. The van der Waals surface area contributed by atoms with Gasteiger partial charge in [0.25, 0.3) is 0 Å². The molecule has 0 bridgehead atoms. The Labute approximate surface area is 114 Å². The van der Waals surface area contributed by atoms with Gasteiger partial charge < -0.3 is 0 Å². The van der Waals surface area contributed by atoms with Crippen molar-refractivity contribution < 1.29 is 9.85 Å². The molecule has 1 unspecified atom stereocenters. The summed E-state index contributed by atoms with van der Waals surface area (Å²) in [5, 5.41) is 25.2. The van der Waals surface area contributed by atoms with E-state index in [1.54, 1.807) is 6.08 Å². The van der Waals surface area contributed by atoms with Crippen molar-refractivity contribution in [1.29, 1.82) is 0 Å². The maximum absolute atomic E-state index is 11.2. The summed E-state index contributed by atoms with van der Waals surface area (Å²) in [7, 11) is 0. The van der Waals surface area contributed by atoms with Crippen LogP contribution in [-0.2, 0) is 6.54 Å². The lowest BCUT2D eigenvalue weighted by molar-refractivity contribution is -0.783. The number of nitrogens with zero attached hydrogens (tertiary/aromatic N) is 2. The molecular weight excluding hydrogens is 262 g/mol. The molecule has 1 aliphatic rings. The fraction of sp³-hybridized carbons (Fsp3) is 0.231. The number of nitrogens with one attached hydrogen (secondary N) is 1. The van der Waals surface area contributed by atoms with Crippen LogP contribution in [0.2, 0.25) is 0 Å². The number of hydrogen-bond acceptors (Lipinski definition) is 5. The molecule has 2 rings (SSSR count). The van der Waals surface area contributed by atoms with E-state index >= 15 is 0 Å². The second kappa shape index (κ2) is 5.62. The molecule has 0 radical (unpaired) electrons. The van der Waals surface area contributed by atoms with Gasteiger partial charge in [-0.1, -0.05) is 48.6 Å². The topological polar surface area (TPSA) is 98.3 Å². The molecule has 0 aromatic heterocycles. The molecule has 104 valence electrons. The van der Waals surface area contributed by atoms with Gasteiger partial charge in [-0.25, -0.2) is 0 Å². The summed E-state index contributed by atoms with van der Waals surface area (Å²) in [6.45, 7) is 0.313. The normalized spacial score (nSPS) is 19.7. The summed E-state index contributed by atoms with van der Waals surface area (Å²) in [6.07, 6.45) is 5.34. The second-order valence-corrected chi connectivity index (χ2v) is 4.39. The van der Waals surface area contributed by atoms with Crippen molar-refractivity contribution in [3.63, 3.8) is 0 Å². The maximum atomic E-state index is 11.2. The van der Waals surface area contributed by atoms with Gasteiger partial charge in [0.05, 0.1) is 6.08 Å². The zero-order valence-corrected chi connectivity index (χ0v) is 10.5. The highest BCUT2D eigenvalue weighted by Crippen LogP contribution is 2.23. The van der Waals surface area contributed by atoms with Crippen molar-refractivity contribution in [2.24, 2.45) is 0 Å². The van der Waals surface area contributed by atoms with Crippen LogP contribution in [0.25, 0.3) is 0 Å². The smallest absolute Gasteiger partial charge is 0.294 e. The molecule has 20 heavy (non-hydrogen) atoms. The van der Waals surface area contributed by atoms with E-state index in [0.717, 1.165) is 11.6 Å². The first kappa shape index (κ1) is 13.9. The molecule has 7 heteroatoms. The largest absolute Gasteiger partial charge is 0.496 e. The van der Waals surface area contributed by atoms with Gasteiger partial charge in [-0.15, -0.1) is 0 Å². The lowest BCUT2D eigenvalue weighted by atomic mass is 9.96. The zero-order valence-electron chi connectivity index (χ0n) is 10.5. The Morgan fingerprint density at radius 3 is 2.35 bits per heavy atom. The molecule has 0 spiro atoms. The summed E-state index contributed by atoms with van der Waals surface area (Å²) in [6, 6.07) is 8.21. The Morgan fingerprint density at radius 2 is 1.75 bits per heavy atom. The number of rotatable bonds is 5. The first-order valence-electron chi connectivity index (χ1n) is 5.99. The fourth-order valence-electron chi connectivity index (χ4n) is 2.08. The highest BCUT2D eigenvalue weighted by atomic mass is 16.7. The van der Waals surface area contributed by atoms with E-state index in [1.165, 1.54) is 12.2 Å². The van der Waals surface area contributed by atoms with Gasteiger partial charge in [0.2, 0.25) is 0 Å². The van der Waals surface area contributed by atoms with E-state index in [-0.39, 0.29) is 0 Å². The van der Waals surface area contributed by atoms with E-state index in [1.807, 2.05) is 30.3 Å². The van der Waals surface area contributed by atoms with Crippen molar-refractivity contribution >= 4 is 0 Å². The Morgan fingerprint density at radius 1 is 1.10 bits per heavy atom. The lowest BCUT2D eigenvalue weighted by Crippen LogP contribution is -2.59. The van der Waals surface area contributed by atoms with Gasteiger partial charge in [-0.3, -0.25) is 25.5 Å². The summed E-state index contributed by atoms with van der Waals surface area (Å²) in [5.74, 6) is 0. The molecule has 0 fully saturated rings. The first-order chi connectivity index (χ1) is 9.57. The number of allylic oxidation sites excluding steroid dienone is 2. The van der Waals surface area contributed by atoms with E-state index in [4.69, 9.17) is 0 Å². The second-order valence-electron chi connectivity index (χ2n) is 4.39. The standard InChI is InChI=1S/C13H13N3O4/c17-15(18)13(16(19)20)9-5-4-8-12(13)14-10-11-6-2-1-3-7-11/h1-9,12,14H,10H2. The SMILES string of the molecule is O=[N+]([O-])C1([N+](=O)[O-])C=CC=CC1NCc1ccccc1. The van der Waals surface area contributed by atoms with Crippen LogP contribution in [0, 0.1) is 20.2 Å². The van der Waals surface area contributed by atoms with Crippen molar-refractivity contribution in [1.82, 2.24) is 5.32 Å². The van der Waals surface area contributed by atoms with Gasteiger partial charge in [0.15, 0.2) is 6.04 Å². The van der Waals surface area contributed by atoms with Crippen molar-refractivity contribution in [2.45, 2.75) is 18.2 Å². The molecule has 0 heterocycles. The van der Waals surface area contributed by atoms with Gasteiger partial charge in [0.1, 0.15) is 9.85 Å². The summed E-state index contributed by atoms with van der Waals surface area (Å²) in [4.78, 5) is 20.6. The fourth-order valence-corrected chi connectivity index (χ4v) is 2.08. The minimum absolute atomic E-state index is 0.313. The van der Waals surface area contributed by atoms with Crippen LogP contribution in [0.1, 0.15) is 5.56 Å².